The molecule has 0 fully saturated rings. The lowest BCUT2D eigenvalue weighted by Crippen LogP contribution is -2.30. The Morgan fingerprint density at radius 1 is 1.25 bits per heavy atom. The minimum absolute atomic E-state index is 0.0330. The van der Waals surface area contributed by atoms with Gasteiger partial charge < -0.3 is 10.3 Å². The second kappa shape index (κ2) is 7.81. The number of hydrogen-bond donors (Lipinski definition) is 2. The molecule has 0 spiro atoms. The van der Waals surface area contributed by atoms with Crippen molar-refractivity contribution < 1.29 is 4.79 Å². The third-order valence-electron chi connectivity index (χ3n) is 4.23. The van der Waals surface area contributed by atoms with Gasteiger partial charge >= 0.3 is 0 Å². The van der Waals surface area contributed by atoms with Crippen LogP contribution in [0.5, 0.6) is 0 Å². The van der Waals surface area contributed by atoms with E-state index in [9.17, 15) is 4.79 Å². The van der Waals surface area contributed by atoms with Crippen LogP contribution in [0, 0.1) is 6.92 Å². The van der Waals surface area contributed by atoms with Crippen molar-refractivity contribution in [1.29, 1.82) is 0 Å². The number of hydrogen-bond acceptors (Lipinski definition) is 6. The van der Waals surface area contributed by atoms with E-state index < -0.39 is 0 Å². The smallest absolute Gasteiger partial charge is 0.220 e. The number of H-pyrrole nitrogens is 1. The van der Waals surface area contributed by atoms with Gasteiger partial charge in [0.05, 0.1) is 21.4 Å². The summed E-state index contributed by atoms with van der Waals surface area (Å²) in [7, 11) is 0. The molecular formula is C20H21N5OS2. The number of benzene rings is 1. The molecule has 0 aliphatic heterocycles. The Kier molecular flexibility index (Phi) is 5.23. The van der Waals surface area contributed by atoms with E-state index >= 15 is 0 Å². The molecule has 0 unspecified atom stereocenters. The molecule has 1 aromatic carbocycles. The molecular weight excluding hydrogens is 390 g/mol. The summed E-state index contributed by atoms with van der Waals surface area (Å²) in [5.41, 5.74) is 6.61. The first-order valence-electron chi connectivity index (χ1n) is 9.14. The lowest BCUT2D eigenvalue weighted by molar-refractivity contribution is -0.121. The summed E-state index contributed by atoms with van der Waals surface area (Å²) in [4.78, 5) is 29.2. The van der Waals surface area contributed by atoms with E-state index in [0.29, 0.717) is 12.8 Å². The van der Waals surface area contributed by atoms with Crippen molar-refractivity contribution in [3.8, 4) is 22.0 Å². The molecule has 4 aromatic rings. The number of thiazole rings is 2. The van der Waals surface area contributed by atoms with Crippen LogP contribution in [-0.2, 0) is 11.2 Å². The van der Waals surface area contributed by atoms with Crippen molar-refractivity contribution in [2.75, 3.05) is 0 Å². The number of carbonyl (C=O) groups is 1. The highest BCUT2D eigenvalue weighted by atomic mass is 32.1. The SMILES string of the molecule is Cc1csc(-c2[nH]c(CCC(=O)NC(C)C)nc2-c2ccc3ncsc3c2)n1. The van der Waals surface area contributed by atoms with Gasteiger partial charge in [-0.2, -0.15) is 0 Å². The van der Waals surface area contributed by atoms with Gasteiger partial charge in [0, 0.05) is 35.5 Å². The van der Waals surface area contributed by atoms with Crippen LogP contribution in [0.3, 0.4) is 0 Å². The Bertz CT molecular complexity index is 1120. The van der Waals surface area contributed by atoms with Crippen LogP contribution in [0.4, 0.5) is 0 Å². The fourth-order valence-corrected chi connectivity index (χ4v) is 4.52. The van der Waals surface area contributed by atoms with Crippen molar-refractivity contribution in [2.45, 2.75) is 39.7 Å². The van der Waals surface area contributed by atoms with Crippen molar-refractivity contribution in [1.82, 2.24) is 25.3 Å². The monoisotopic (exact) mass is 411 g/mol. The summed E-state index contributed by atoms with van der Waals surface area (Å²) in [6, 6.07) is 6.31. The number of nitrogens with zero attached hydrogens (tertiary/aromatic N) is 3. The van der Waals surface area contributed by atoms with Crippen LogP contribution < -0.4 is 5.32 Å². The molecule has 0 saturated carbocycles. The Labute approximate surface area is 171 Å². The number of nitrogens with one attached hydrogen (secondary N) is 2. The van der Waals surface area contributed by atoms with E-state index in [0.717, 1.165) is 43.7 Å². The zero-order valence-electron chi connectivity index (χ0n) is 15.9. The second-order valence-electron chi connectivity index (χ2n) is 6.96. The van der Waals surface area contributed by atoms with Crippen LogP contribution in [0.15, 0.2) is 29.1 Å². The summed E-state index contributed by atoms with van der Waals surface area (Å²) < 4.78 is 1.12. The van der Waals surface area contributed by atoms with Gasteiger partial charge in [-0.25, -0.2) is 15.0 Å². The number of aromatic amines is 1. The van der Waals surface area contributed by atoms with Crippen molar-refractivity contribution >= 4 is 38.8 Å². The molecule has 0 bridgehead atoms. The Hall–Kier alpha value is -2.58. The molecule has 8 heteroatoms. The quantitative estimate of drug-likeness (QED) is 0.487. The van der Waals surface area contributed by atoms with Gasteiger partial charge in [0.2, 0.25) is 5.91 Å². The van der Waals surface area contributed by atoms with Crippen LogP contribution in [-0.4, -0.2) is 31.9 Å². The predicted octanol–water partition coefficient (Wildman–Crippen LogP) is 4.58. The first-order valence-corrected chi connectivity index (χ1v) is 10.9. The van der Waals surface area contributed by atoms with Gasteiger partial charge in [0.15, 0.2) is 0 Å². The molecule has 3 aromatic heterocycles. The average Bonchev–Trinajstić information content (AvgIpc) is 3.37. The fraction of sp³-hybridized carbons (Fsp3) is 0.300. The van der Waals surface area contributed by atoms with Crippen LogP contribution in [0.2, 0.25) is 0 Å². The Morgan fingerprint density at radius 2 is 2.11 bits per heavy atom. The van der Waals surface area contributed by atoms with Gasteiger partial charge in [-0.1, -0.05) is 6.07 Å². The second-order valence-corrected chi connectivity index (χ2v) is 8.70. The molecule has 0 radical (unpaired) electrons. The molecule has 0 aliphatic carbocycles. The van der Waals surface area contributed by atoms with E-state index in [1.807, 2.05) is 43.8 Å². The van der Waals surface area contributed by atoms with Gasteiger partial charge in [-0.05, 0) is 32.9 Å². The van der Waals surface area contributed by atoms with Crippen LogP contribution in [0.1, 0.15) is 31.8 Å². The number of amides is 1. The van der Waals surface area contributed by atoms with E-state index in [1.165, 1.54) is 0 Å². The highest BCUT2D eigenvalue weighted by molar-refractivity contribution is 7.16. The summed E-state index contributed by atoms with van der Waals surface area (Å²) in [5, 5.41) is 5.86. The molecule has 3 heterocycles. The zero-order chi connectivity index (χ0) is 19.7. The van der Waals surface area contributed by atoms with Gasteiger partial charge in [-0.3, -0.25) is 4.79 Å². The molecule has 0 saturated heterocycles. The molecule has 4 rings (SSSR count). The topological polar surface area (TPSA) is 83.6 Å². The van der Waals surface area contributed by atoms with Crippen molar-refractivity contribution in [3.63, 3.8) is 0 Å². The largest absolute Gasteiger partial charge is 0.354 e. The van der Waals surface area contributed by atoms with Gasteiger partial charge in [-0.15, -0.1) is 22.7 Å². The highest BCUT2D eigenvalue weighted by Gasteiger charge is 2.18. The number of fused-ring (bicyclic) bond motifs is 1. The molecule has 1 amide bonds. The zero-order valence-corrected chi connectivity index (χ0v) is 17.6. The number of carbonyl (C=O) groups excluding carboxylic acids is 1. The third kappa shape index (κ3) is 3.98. The summed E-state index contributed by atoms with van der Waals surface area (Å²) in [6.45, 7) is 5.90. The van der Waals surface area contributed by atoms with Crippen molar-refractivity contribution in [2.24, 2.45) is 0 Å². The lowest BCUT2D eigenvalue weighted by Gasteiger charge is -2.06. The molecule has 0 aliphatic rings. The Balaban J connectivity index is 1.69. The maximum Gasteiger partial charge on any atom is 0.220 e. The summed E-state index contributed by atoms with van der Waals surface area (Å²) in [5.74, 6) is 0.826. The van der Waals surface area contributed by atoms with Gasteiger partial charge in [0.1, 0.15) is 16.5 Å². The number of aryl methyl sites for hydroxylation is 2. The first-order chi connectivity index (χ1) is 13.5. The molecule has 28 heavy (non-hydrogen) atoms. The minimum Gasteiger partial charge on any atom is -0.354 e. The number of imidazole rings is 1. The minimum atomic E-state index is 0.0330. The maximum absolute atomic E-state index is 12.0. The van der Waals surface area contributed by atoms with E-state index in [2.05, 4.69) is 26.3 Å². The Morgan fingerprint density at radius 3 is 2.86 bits per heavy atom. The fourth-order valence-electron chi connectivity index (χ4n) is 3.00. The van der Waals surface area contributed by atoms with Gasteiger partial charge in [0.25, 0.3) is 0 Å². The summed E-state index contributed by atoms with van der Waals surface area (Å²) >= 11 is 3.21. The molecule has 144 valence electrons. The van der Waals surface area contributed by atoms with E-state index in [-0.39, 0.29) is 11.9 Å². The number of rotatable bonds is 6. The van der Waals surface area contributed by atoms with Crippen LogP contribution in [0.25, 0.3) is 32.2 Å². The molecule has 6 nitrogen and oxygen atoms in total. The maximum atomic E-state index is 12.0. The van der Waals surface area contributed by atoms with Crippen molar-refractivity contribution in [3.05, 3.63) is 40.6 Å². The van der Waals surface area contributed by atoms with E-state index in [4.69, 9.17) is 4.98 Å². The lowest BCUT2D eigenvalue weighted by atomic mass is 10.1. The molecule has 2 N–H and O–H groups in total. The predicted molar refractivity (Wildman–Crippen MR) is 115 cm³/mol. The average molecular weight is 412 g/mol. The standard InChI is InChI=1S/C20H21N5OS2/c1-11(2)22-17(26)7-6-16-24-18(19(25-16)20-23-12(3)9-27-20)13-4-5-14-15(8-13)28-10-21-14/h4-5,8-11H,6-7H2,1-3H3,(H,22,26)(H,24,25). The normalized spacial score (nSPS) is 11.4. The van der Waals surface area contributed by atoms with Crippen LogP contribution >= 0.6 is 22.7 Å². The summed E-state index contributed by atoms with van der Waals surface area (Å²) in [6.07, 6.45) is 0.952. The molecule has 0 atom stereocenters. The first kappa shape index (κ1) is 18.8. The third-order valence-corrected chi connectivity index (χ3v) is 6.00. The van der Waals surface area contributed by atoms with E-state index in [1.54, 1.807) is 22.7 Å². The number of aromatic nitrogens is 4. The highest BCUT2D eigenvalue weighted by Crippen LogP contribution is 2.34.